The first kappa shape index (κ1) is 17.6. The van der Waals surface area contributed by atoms with Gasteiger partial charge in [0.05, 0.1) is 0 Å². The van der Waals surface area contributed by atoms with Crippen molar-refractivity contribution in [3.63, 3.8) is 0 Å². The van der Waals surface area contributed by atoms with E-state index in [-0.39, 0.29) is 0 Å². The first-order chi connectivity index (χ1) is 11.7. The fraction of sp³-hybridized carbons (Fsp3) is 0.364. The molecular weight excluding hydrogens is 327 g/mol. The van der Waals surface area contributed by atoms with Crippen molar-refractivity contribution in [2.75, 3.05) is 6.16 Å². The number of benzene rings is 2. The second-order valence-corrected chi connectivity index (χ2v) is 11.6. The van der Waals surface area contributed by atoms with E-state index in [9.17, 15) is 0 Å². The van der Waals surface area contributed by atoms with Crippen LogP contribution in [0.25, 0.3) is 0 Å². The van der Waals surface area contributed by atoms with E-state index in [1.807, 2.05) is 0 Å². The second-order valence-electron chi connectivity index (χ2n) is 6.88. The van der Waals surface area contributed by atoms with Gasteiger partial charge in [0.25, 0.3) is 0 Å². The molecule has 0 radical (unpaired) electrons. The largest absolute Gasteiger partial charge is 0.0873 e. The predicted octanol–water partition coefficient (Wildman–Crippen LogP) is 5.64. The number of hydrogen-bond donors (Lipinski definition) is 0. The Morgan fingerprint density at radius 2 is 1.42 bits per heavy atom. The van der Waals surface area contributed by atoms with Gasteiger partial charge in [0, 0.05) is 12.2 Å². The lowest BCUT2D eigenvalue weighted by molar-refractivity contribution is 0.402. The van der Waals surface area contributed by atoms with Gasteiger partial charge >= 0.3 is 0 Å². The smallest absolute Gasteiger partial charge is 0.0142 e. The highest BCUT2D eigenvalue weighted by molar-refractivity contribution is 8.22. The van der Waals surface area contributed by atoms with Crippen LogP contribution in [0.2, 0.25) is 0 Å². The minimum atomic E-state index is -1.77. The summed E-state index contributed by atoms with van der Waals surface area (Å²) in [6.45, 7) is 2.33. The van der Waals surface area contributed by atoms with E-state index >= 15 is 0 Å². The van der Waals surface area contributed by atoms with Crippen LogP contribution in [0.15, 0.2) is 72.3 Å². The molecule has 0 N–H and O–H groups in total. The molecule has 0 bridgehead atoms. The molecule has 24 heavy (non-hydrogen) atoms. The van der Waals surface area contributed by atoms with Crippen LogP contribution in [0.3, 0.4) is 0 Å². The van der Waals surface area contributed by atoms with Crippen molar-refractivity contribution in [3.05, 3.63) is 72.3 Å². The molecule has 2 aromatic rings. The van der Waals surface area contributed by atoms with Crippen molar-refractivity contribution < 1.29 is 0 Å². The molecule has 0 aromatic heterocycles. The van der Waals surface area contributed by atoms with Gasteiger partial charge in [-0.1, -0.05) is 103 Å². The van der Waals surface area contributed by atoms with E-state index in [0.717, 1.165) is 12.1 Å². The molecule has 0 aliphatic heterocycles. The maximum Gasteiger partial charge on any atom is 0.0142 e. The van der Waals surface area contributed by atoms with Gasteiger partial charge in [-0.3, -0.25) is 0 Å². The van der Waals surface area contributed by atoms with Crippen molar-refractivity contribution in [1.29, 1.82) is 0 Å². The summed E-state index contributed by atoms with van der Waals surface area (Å²) in [5.74, 6) is 0.786. The zero-order valence-electron chi connectivity index (χ0n) is 14.5. The molecule has 126 valence electrons. The Morgan fingerprint density at radius 1 is 0.917 bits per heavy atom. The number of hydrogen-bond acceptors (Lipinski definition) is 1. The average Bonchev–Trinajstić information content (AvgIpc) is 2.68. The minimum Gasteiger partial charge on any atom is -0.0873 e. The Kier molecular flexibility index (Phi) is 6.09. The van der Waals surface area contributed by atoms with Gasteiger partial charge < -0.3 is 0 Å². The summed E-state index contributed by atoms with van der Waals surface area (Å²) in [5.41, 5.74) is 1.57. The van der Waals surface area contributed by atoms with Gasteiger partial charge in [0.15, 0.2) is 0 Å². The molecule has 2 heteroatoms. The number of rotatable bonds is 5. The van der Waals surface area contributed by atoms with Gasteiger partial charge in [-0.25, -0.2) is 0 Å². The van der Waals surface area contributed by atoms with Crippen molar-refractivity contribution >= 4 is 28.5 Å². The summed E-state index contributed by atoms with van der Waals surface area (Å²) in [7, 11) is 0. The molecule has 0 amide bonds. The molecule has 0 saturated heterocycles. The molecule has 1 fully saturated rings. The highest BCUT2D eigenvalue weighted by Crippen LogP contribution is 2.44. The molecular formula is C22H27PS. The number of allylic oxidation sites excluding steroid dienone is 2. The van der Waals surface area contributed by atoms with E-state index in [0.29, 0.717) is 0 Å². The van der Waals surface area contributed by atoms with Crippen LogP contribution >= 0.6 is 6.04 Å². The molecule has 1 saturated carbocycles. The Labute approximate surface area is 152 Å². The van der Waals surface area contributed by atoms with Crippen LogP contribution in [-0.2, 0) is 11.8 Å². The maximum atomic E-state index is 6.32. The fourth-order valence-electron chi connectivity index (χ4n) is 3.69. The first-order valence-electron chi connectivity index (χ1n) is 9.07. The van der Waals surface area contributed by atoms with Crippen LogP contribution in [0.5, 0.6) is 0 Å². The molecule has 0 heterocycles. The molecule has 2 aromatic carbocycles. The Balaban J connectivity index is 1.90. The standard InChI is InChI=1S/C22H27PS/c1-19(20-11-5-2-6-12-20)17-18-23(24,21-13-7-3-8-14-21)22-15-9-4-10-16-22/h3-4,7-10,13-17,20H,2,5-6,11-12,18H2,1H3/b19-17-. The third-order valence-electron chi connectivity index (χ3n) is 5.27. The summed E-state index contributed by atoms with van der Waals surface area (Å²) < 4.78 is 0. The zero-order valence-corrected chi connectivity index (χ0v) is 16.2. The third kappa shape index (κ3) is 4.08. The van der Waals surface area contributed by atoms with Crippen molar-refractivity contribution in [3.8, 4) is 0 Å². The molecule has 0 spiro atoms. The molecule has 1 aliphatic carbocycles. The summed E-state index contributed by atoms with van der Waals surface area (Å²) in [4.78, 5) is 0. The average molecular weight is 354 g/mol. The first-order valence-corrected chi connectivity index (χ1v) is 12.1. The second kappa shape index (κ2) is 8.28. The van der Waals surface area contributed by atoms with Gasteiger partial charge in [-0.05, 0) is 36.3 Å². The predicted molar refractivity (Wildman–Crippen MR) is 112 cm³/mol. The van der Waals surface area contributed by atoms with E-state index in [2.05, 4.69) is 73.7 Å². The molecule has 3 rings (SSSR count). The Morgan fingerprint density at radius 3 is 1.92 bits per heavy atom. The summed E-state index contributed by atoms with van der Waals surface area (Å²) >= 11 is 6.32. The van der Waals surface area contributed by atoms with E-state index in [4.69, 9.17) is 11.8 Å². The van der Waals surface area contributed by atoms with Crippen LogP contribution in [0.1, 0.15) is 39.0 Å². The molecule has 1 aliphatic rings. The van der Waals surface area contributed by atoms with Crippen molar-refractivity contribution in [2.24, 2.45) is 5.92 Å². The molecule has 0 atom stereocenters. The minimum absolute atomic E-state index is 0.786. The van der Waals surface area contributed by atoms with Gasteiger partial charge in [0.1, 0.15) is 0 Å². The summed E-state index contributed by atoms with van der Waals surface area (Å²) in [6.07, 6.45) is 10.4. The lowest BCUT2D eigenvalue weighted by atomic mass is 9.84. The summed E-state index contributed by atoms with van der Waals surface area (Å²) in [5, 5.41) is 2.66. The zero-order chi connectivity index (χ0) is 16.8. The lowest BCUT2D eigenvalue weighted by Crippen LogP contribution is -2.18. The SMILES string of the molecule is C/C(=C/CP(=S)(c1ccccc1)c1ccccc1)C1CCCCC1. The van der Waals surface area contributed by atoms with Gasteiger partial charge in [-0.2, -0.15) is 0 Å². The summed E-state index contributed by atoms with van der Waals surface area (Å²) in [6, 6.07) is 19.8. The van der Waals surface area contributed by atoms with E-state index in [1.165, 1.54) is 42.7 Å². The topological polar surface area (TPSA) is 0 Å². The molecule has 0 unspecified atom stereocenters. The van der Waals surface area contributed by atoms with E-state index < -0.39 is 6.04 Å². The Bertz CT molecular complexity index is 669. The van der Waals surface area contributed by atoms with Crippen molar-refractivity contribution in [1.82, 2.24) is 0 Å². The third-order valence-corrected chi connectivity index (χ3v) is 9.94. The van der Waals surface area contributed by atoms with Gasteiger partial charge in [0.2, 0.25) is 0 Å². The quantitative estimate of drug-likeness (QED) is 0.494. The van der Waals surface area contributed by atoms with Crippen LogP contribution in [-0.4, -0.2) is 6.16 Å². The maximum absolute atomic E-state index is 6.32. The Hall–Kier alpha value is -1.17. The van der Waals surface area contributed by atoms with Crippen LogP contribution < -0.4 is 10.6 Å². The fourth-order valence-corrected chi connectivity index (χ4v) is 7.22. The van der Waals surface area contributed by atoms with Gasteiger partial charge in [-0.15, -0.1) is 0 Å². The normalized spacial score (nSPS) is 17.0. The highest BCUT2D eigenvalue weighted by atomic mass is 32.4. The van der Waals surface area contributed by atoms with Crippen molar-refractivity contribution in [2.45, 2.75) is 39.0 Å². The molecule has 0 nitrogen and oxygen atoms in total. The lowest BCUT2D eigenvalue weighted by Gasteiger charge is -2.25. The van der Waals surface area contributed by atoms with Crippen LogP contribution in [0, 0.1) is 5.92 Å². The van der Waals surface area contributed by atoms with Crippen LogP contribution in [0.4, 0.5) is 0 Å². The van der Waals surface area contributed by atoms with E-state index in [1.54, 1.807) is 5.57 Å². The monoisotopic (exact) mass is 354 g/mol. The highest BCUT2D eigenvalue weighted by Gasteiger charge is 2.22.